The van der Waals surface area contributed by atoms with Gasteiger partial charge in [0.25, 0.3) is 17.4 Å². The average Bonchev–Trinajstić information content (AvgIpc) is 2.55. The third-order valence-corrected chi connectivity index (χ3v) is 3.35. The van der Waals surface area contributed by atoms with Gasteiger partial charge in [-0.1, -0.05) is 12.1 Å². The summed E-state index contributed by atoms with van der Waals surface area (Å²) in [6, 6.07) is 4.65. The first-order valence-corrected chi connectivity index (χ1v) is 6.90. The molecule has 0 saturated heterocycles. The number of nitrogens with zero attached hydrogens (tertiary/aromatic N) is 1. The molecule has 128 valence electrons. The van der Waals surface area contributed by atoms with Gasteiger partial charge in [-0.3, -0.25) is 9.59 Å². The smallest absolute Gasteiger partial charge is 0.298 e. The van der Waals surface area contributed by atoms with E-state index in [0.29, 0.717) is 0 Å². The molecule has 0 aliphatic rings. The number of carbonyl (C=O) groups is 1. The molecule has 0 fully saturated rings. The molecule has 9 heteroatoms. The SMILES string of the molecule is C[C@@H](NC(=O)c1ccc(=O)[nH]n1)c1cccc(C(F)(F)CO)c1F. The minimum atomic E-state index is -3.73. The maximum atomic E-state index is 14.3. The van der Waals surface area contributed by atoms with Crippen LogP contribution in [0.4, 0.5) is 13.2 Å². The van der Waals surface area contributed by atoms with E-state index in [4.69, 9.17) is 5.11 Å². The van der Waals surface area contributed by atoms with Gasteiger partial charge in [-0.25, -0.2) is 9.49 Å². The molecule has 0 bridgehead atoms. The average molecular weight is 341 g/mol. The lowest BCUT2D eigenvalue weighted by Crippen LogP contribution is -2.30. The molecule has 0 saturated carbocycles. The number of aromatic nitrogens is 2. The lowest BCUT2D eigenvalue weighted by Gasteiger charge is -2.19. The fourth-order valence-electron chi connectivity index (χ4n) is 2.07. The normalized spacial score (nSPS) is 12.7. The van der Waals surface area contributed by atoms with E-state index in [1.165, 1.54) is 25.1 Å². The van der Waals surface area contributed by atoms with Crippen molar-refractivity contribution < 1.29 is 23.1 Å². The molecule has 1 aromatic heterocycles. The van der Waals surface area contributed by atoms with Crippen molar-refractivity contribution in [2.75, 3.05) is 6.61 Å². The standard InChI is InChI=1S/C15H14F3N3O3/c1-8(19-14(24)11-5-6-12(23)21-20-11)9-3-2-4-10(13(9)16)15(17,18)7-22/h2-6,8,22H,7H2,1H3,(H,19,24)(H,21,23)/t8-/m1/s1. The van der Waals surface area contributed by atoms with Gasteiger partial charge in [0.2, 0.25) is 0 Å². The predicted octanol–water partition coefficient (Wildman–Crippen LogP) is 1.48. The van der Waals surface area contributed by atoms with E-state index < -0.39 is 41.4 Å². The number of carbonyl (C=O) groups excluding carboxylic acids is 1. The van der Waals surface area contributed by atoms with Crippen LogP contribution in [0.3, 0.4) is 0 Å². The Bertz CT molecular complexity index is 788. The summed E-state index contributed by atoms with van der Waals surface area (Å²) in [6.07, 6.45) is 0. The topological polar surface area (TPSA) is 95.1 Å². The molecule has 24 heavy (non-hydrogen) atoms. The third-order valence-electron chi connectivity index (χ3n) is 3.35. The number of aliphatic hydroxyl groups excluding tert-OH is 1. The van der Waals surface area contributed by atoms with Crippen molar-refractivity contribution in [2.45, 2.75) is 18.9 Å². The number of aromatic amines is 1. The van der Waals surface area contributed by atoms with E-state index in [0.717, 1.165) is 12.1 Å². The number of amides is 1. The zero-order chi connectivity index (χ0) is 17.9. The zero-order valence-electron chi connectivity index (χ0n) is 12.5. The second-order valence-electron chi connectivity index (χ2n) is 5.07. The number of benzene rings is 1. The largest absolute Gasteiger partial charge is 0.390 e. The van der Waals surface area contributed by atoms with Crippen molar-refractivity contribution in [2.24, 2.45) is 0 Å². The molecule has 1 heterocycles. The Morgan fingerprint density at radius 1 is 1.38 bits per heavy atom. The van der Waals surface area contributed by atoms with Gasteiger partial charge in [0, 0.05) is 11.6 Å². The van der Waals surface area contributed by atoms with Gasteiger partial charge in [-0.05, 0) is 19.1 Å². The zero-order valence-corrected chi connectivity index (χ0v) is 12.5. The van der Waals surface area contributed by atoms with Crippen molar-refractivity contribution in [1.82, 2.24) is 15.5 Å². The van der Waals surface area contributed by atoms with Gasteiger partial charge in [-0.15, -0.1) is 0 Å². The van der Waals surface area contributed by atoms with Gasteiger partial charge in [0.1, 0.15) is 18.1 Å². The summed E-state index contributed by atoms with van der Waals surface area (Å²) in [7, 11) is 0. The lowest BCUT2D eigenvalue weighted by atomic mass is 10.0. The van der Waals surface area contributed by atoms with E-state index in [-0.39, 0.29) is 11.3 Å². The minimum absolute atomic E-state index is 0.112. The molecule has 1 aromatic carbocycles. The first-order chi connectivity index (χ1) is 11.3. The maximum absolute atomic E-state index is 14.3. The van der Waals surface area contributed by atoms with Gasteiger partial charge < -0.3 is 10.4 Å². The number of nitrogens with one attached hydrogen (secondary N) is 2. The second kappa shape index (κ2) is 6.83. The van der Waals surface area contributed by atoms with Crippen molar-refractivity contribution >= 4 is 5.91 Å². The molecule has 0 radical (unpaired) electrons. The van der Waals surface area contributed by atoms with Crippen LogP contribution in [0.1, 0.15) is 34.6 Å². The molecular weight excluding hydrogens is 327 g/mol. The Morgan fingerprint density at radius 3 is 2.67 bits per heavy atom. The fourth-order valence-corrected chi connectivity index (χ4v) is 2.07. The van der Waals surface area contributed by atoms with Gasteiger partial charge in [0.05, 0.1) is 11.6 Å². The van der Waals surface area contributed by atoms with E-state index in [1.54, 1.807) is 0 Å². The molecule has 1 amide bonds. The molecule has 3 N–H and O–H groups in total. The lowest BCUT2D eigenvalue weighted by molar-refractivity contribution is -0.0584. The number of hydrogen-bond donors (Lipinski definition) is 3. The molecule has 6 nitrogen and oxygen atoms in total. The van der Waals surface area contributed by atoms with Crippen molar-refractivity contribution in [3.8, 4) is 0 Å². The van der Waals surface area contributed by atoms with E-state index in [2.05, 4.69) is 15.5 Å². The number of aliphatic hydroxyl groups is 1. The van der Waals surface area contributed by atoms with Crippen LogP contribution in [0.2, 0.25) is 0 Å². The maximum Gasteiger partial charge on any atom is 0.298 e. The van der Waals surface area contributed by atoms with E-state index in [1.807, 2.05) is 0 Å². The molecule has 2 rings (SSSR count). The molecule has 1 atom stereocenters. The number of alkyl halides is 2. The summed E-state index contributed by atoms with van der Waals surface area (Å²) in [5.41, 5.74) is -1.73. The Labute approximate surface area is 134 Å². The van der Waals surface area contributed by atoms with Crippen LogP contribution in [0.15, 0.2) is 35.1 Å². The van der Waals surface area contributed by atoms with Crippen LogP contribution in [-0.2, 0) is 5.92 Å². The van der Waals surface area contributed by atoms with Gasteiger partial charge in [0.15, 0.2) is 0 Å². The highest BCUT2D eigenvalue weighted by Crippen LogP contribution is 2.32. The third kappa shape index (κ3) is 3.62. The summed E-state index contributed by atoms with van der Waals surface area (Å²) >= 11 is 0. The summed E-state index contributed by atoms with van der Waals surface area (Å²) < 4.78 is 41.4. The van der Waals surface area contributed by atoms with Crippen LogP contribution in [0.5, 0.6) is 0 Å². The van der Waals surface area contributed by atoms with Crippen molar-refractivity contribution in [3.05, 3.63) is 63.3 Å². The highest BCUT2D eigenvalue weighted by atomic mass is 19.3. The van der Waals surface area contributed by atoms with E-state index in [9.17, 15) is 22.8 Å². The summed E-state index contributed by atoms with van der Waals surface area (Å²) in [5.74, 6) is -5.65. The number of H-pyrrole nitrogens is 1. The first kappa shape index (κ1) is 17.7. The van der Waals surface area contributed by atoms with Crippen molar-refractivity contribution in [3.63, 3.8) is 0 Å². The van der Waals surface area contributed by atoms with Crippen LogP contribution < -0.4 is 10.9 Å². The van der Waals surface area contributed by atoms with Crippen molar-refractivity contribution in [1.29, 1.82) is 0 Å². The number of halogens is 3. The van der Waals surface area contributed by atoms with Crippen LogP contribution in [-0.4, -0.2) is 27.8 Å². The van der Waals surface area contributed by atoms with Gasteiger partial charge in [-0.2, -0.15) is 13.9 Å². The Hall–Kier alpha value is -2.68. The molecule has 0 aliphatic carbocycles. The summed E-state index contributed by atoms with van der Waals surface area (Å²) in [5, 5.41) is 16.7. The highest BCUT2D eigenvalue weighted by molar-refractivity contribution is 5.92. The Balaban J connectivity index is 2.25. The Morgan fingerprint density at radius 2 is 2.08 bits per heavy atom. The van der Waals surface area contributed by atoms with Crippen LogP contribution in [0.25, 0.3) is 0 Å². The highest BCUT2D eigenvalue weighted by Gasteiger charge is 2.35. The molecule has 0 aliphatic heterocycles. The first-order valence-electron chi connectivity index (χ1n) is 6.90. The second-order valence-corrected chi connectivity index (χ2v) is 5.07. The predicted molar refractivity (Wildman–Crippen MR) is 78.1 cm³/mol. The quantitative estimate of drug-likeness (QED) is 0.768. The van der Waals surface area contributed by atoms with E-state index >= 15 is 0 Å². The van der Waals surface area contributed by atoms with Gasteiger partial charge >= 0.3 is 0 Å². The fraction of sp³-hybridized carbons (Fsp3) is 0.267. The van der Waals surface area contributed by atoms with Crippen LogP contribution in [0, 0.1) is 5.82 Å². The summed E-state index contributed by atoms with van der Waals surface area (Å²) in [4.78, 5) is 22.9. The molecule has 2 aromatic rings. The Kier molecular flexibility index (Phi) is 5.03. The summed E-state index contributed by atoms with van der Waals surface area (Å²) in [6.45, 7) is -0.127. The van der Waals surface area contributed by atoms with Crippen LogP contribution >= 0.6 is 0 Å². The molecular formula is C15H14F3N3O3. The number of hydrogen-bond acceptors (Lipinski definition) is 4. The number of rotatable bonds is 5. The minimum Gasteiger partial charge on any atom is -0.390 e. The molecule has 0 spiro atoms. The monoisotopic (exact) mass is 341 g/mol. The molecule has 0 unspecified atom stereocenters.